The third kappa shape index (κ3) is 3.36. The highest BCUT2D eigenvalue weighted by molar-refractivity contribution is 7.89. The van der Waals surface area contributed by atoms with Gasteiger partial charge in [0.15, 0.2) is 0 Å². The third-order valence-electron chi connectivity index (χ3n) is 4.98. The summed E-state index contributed by atoms with van der Waals surface area (Å²) in [6.45, 7) is 1.23. The number of benzene rings is 2. The minimum absolute atomic E-state index is 0.113. The van der Waals surface area contributed by atoms with Crippen molar-refractivity contribution < 1.29 is 17.9 Å². The number of H-pyrrole nitrogens is 1. The molecule has 8 heteroatoms. The molecule has 146 valence electrons. The number of hydrogen-bond acceptors (Lipinski definition) is 4. The van der Waals surface area contributed by atoms with Crippen molar-refractivity contribution in [2.45, 2.75) is 4.90 Å². The summed E-state index contributed by atoms with van der Waals surface area (Å²) in [5, 5.41) is 0.978. The normalized spacial score (nSPS) is 15.7. The van der Waals surface area contributed by atoms with E-state index in [4.69, 9.17) is 4.74 Å². The Morgan fingerprint density at radius 3 is 2.32 bits per heavy atom. The smallest absolute Gasteiger partial charge is 0.270 e. The first-order valence-electron chi connectivity index (χ1n) is 9.00. The predicted octanol–water partition coefficient (Wildman–Crippen LogP) is 2.32. The molecule has 28 heavy (non-hydrogen) atoms. The fourth-order valence-corrected chi connectivity index (χ4v) is 4.81. The fourth-order valence-electron chi connectivity index (χ4n) is 3.39. The highest BCUT2D eigenvalue weighted by Gasteiger charge is 2.30. The van der Waals surface area contributed by atoms with Gasteiger partial charge >= 0.3 is 0 Å². The maximum absolute atomic E-state index is 12.8. The lowest BCUT2D eigenvalue weighted by molar-refractivity contribution is 0.0693. The summed E-state index contributed by atoms with van der Waals surface area (Å²) in [6.07, 6.45) is 0. The molecule has 0 atom stereocenters. The number of ether oxygens (including phenoxy) is 1. The van der Waals surface area contributed by atoms with Gasteiger partial charge in [0, 0.05) is 37.1 Å². The molecule has 1 N–H and O–H groups in total. The molecule has 1 amide bonds. The molecule has 4 rings (SSSR count). The summed E-state index contributed by atoms with van der Waals surface area (Å²) < 4.78 is 32.1. The standard InChI is InChI=1S/C20H21N3O4S/c1-27-16-6-8-17(9-7-16)28(25,26)23-12-10-22(11-13-23)20(24)19-14-15-4-2-3-5-18(15)21-19/h2-9,14,21H,10-13H2,1H3. The highest BCUT2D eigenvalue weighted by Crippen LogP contribution is 2.22. The van der Waals surface area contributed by atoms with Gasteiger partial charge in [0.2, 0.25) is 10.0 Å². The van der Waals surface area contributed by atoms with Crippen LogP contribution in [0.3, 0.4) is 0 Å². The Morgan fingerprint density at radius 1 is 1.00 bits per heavy atom. The van der Waals surface area contributed by atoms with Crippen molar-refractivity contribution in [2.24, 2.45) is 0 Å². The zero-order chi connectivity index (χ0) is 19.7. The lowest BCUT2D eigenvalue weighted by Crippen LogP contribution is -2.50. The molecule has 2 aromatic carbocycles. The monoisotopic (exact) mass is 399 g/mol. The van der Waals surface area contributed by atoms with Gasteiger partial charge in [0.25, 0.3) is 5.91 Å². The van der Waals surface area contributed by atoms with Crippen molar-refractivity contribution in [1.29, 1.82) is 0 Å². The van der Waals surface area contributed by atoms with E-state index in [0.717, 1.165) is 10.9 Å². The molecule has 0 radical (unpaired) electrons. The maximum atomic E-state index is 12.8. The number of carbonyl (C=O) groups excluding carboxylic acids is 1. The van der Waals surface area contributed by atoms with Crippen LogP contribution in [0.2, 0.25) is 0 Å². The molecule has 1 aromatic heterocycles. The molecule has 0 spiro atoms. The summed E-state index contributed by atoms with van der Waals surface area (Å²) in [5.41, 5.74) is 1.43. The molecule has 0 saturated carbocycles. The van der Waals surface area contributed by atoms with Crippen molar-refractivity contribution in [3.63, 3.8) is 0 Å². The number of aromatic amines is 1. The Kier molecular flexibility index (Phi) is 4.82. The van der Waals surface area contributed by atoms with Gasteiger partial charge in [0.1, 0.15) is 11.4 Å². The molecule has 1 aliphatic heterocycles. The van der Waals surface area contributed by atoms with Crippen LogP contribution in [-0.2, 0) is 10.0 Å². The van der Waals surface area contributed by atoms with Gasteiger partial charge in [-0.3, -0.25) is 4.79 Å². The number of nitrogens with zero attached hydrogens (tertiary/aromatic N) is 2. The third-order valence-corrected chi connectivity index (χ3v) is 6.90. The molecule has 1 fully saturated rings. The minimum atomic E-state index is -3.59. The van der Waals surface area contributed by atoms with Gasteiger partial charge < -0.3 is 14.6 Å². The molecular formula is C20H21N3O4S. The first-order chi connectivity index (χ1) is 13.5. The Labute approximate surface area is 163 Å². The van der Waals surface area contributed by atoms with E-state index in [2.05, 4.69) is 4.98 Å². The number of nitrogens with one attached hydrogen (secondary N) is 1. The number of para-hydroxylation sites is 1. The number of sulfonamides is 1. The number of aromatic nitrogens is 1. The number of methoxy groups -OCH3 is 1. The van der Waals surface area contributed by atoms with Crippen LogP contribution in [0.25, 0.3) is 10.9 Å². The van der Waals surface area contributed by atoms with Crippen molar-refractivity contribution in [1.82, 2.24) is 14.2 Å². The Bertz CT molecular complexity index is 1060. The van der Waals surface area contributed by atoms with Crippen molar-refractivity contribution in [3.8, 4) is 5.75 Å². The first kappa shape index (κ1) is 18.5. The second-order valence-corrected chi connectivity index (χ2v) is 8.58. The fraction of sp³-hybridized carbons (Fsp3) is 0.250. The molecule has 2 heterocycles. The van der Waals surface area contributed by atoms with Gasteiger partial charge in [-0.2, -0.15) is 4.31 Å². The molecule has 0 aliphatic carbocycles. The van der Waals surface area contributed by atoms with Gasteiger partial charge in [0.05, 0.1) is 12.0 Å². The van der Waals surface area contributed by atoms with E-state index in [-0.39, 0.29) is 23.9 Å². The van der Waals surface area contributed by atoms with Crippen LogP contribution in [0.1, 0.15) is 10.5 Å². The topological polar surface area (TPSA) is 82.7 Å². The summed E-state index contributed by atoms with van der Waals surface area (Å²) in [5.74, 6) is 0.491. The first-order valence-corrected chi connectivity index (χ1v) is 10.4. The van der Waals surface area contributed by atoms with E-state index in [0.29, 0.717) is 24.5 Å². The van der Waals surface area contributed by atoms with Crippen LogP contribution >= 0.6 is 0 Å². The lowest BCUT2D eigenvalue weighted by atomic mass is 10.2. The number of amides is 1. The van der Waals surface area contributed by atoms with E-state index >= 15 is 0 Å². The summed E-state index contributed by atoms with van der Waals surface area (Å²) in [6, 6.07) is 15.9. The van der Waals surface area contributed by atoms with Crippen molar-refractivity contribution in [3.05, 3.63) is 60.3 Å². The molecule has 0 unspecified atom stereocenters. The highest BCUT2D eigenvalue weighted by atomic mass is 32.2. The zero-order valence-electron chi connectivity index (χ0n) is 15.5. The van der Waals surface area contributed by atoms with E-state index in [1.807, 2.05) is 30.3 Å². The lowest BCUT2D eigenvalue weighted by Gasteiger charge is -2.33. The van der Waals surface area contributed by atoms with E-state index in [1.165, 1.54) is 23.5 Å². The van der Waals surface area contributed by atoms with Gasteiger partial charge in [-0.1, -0.05) is 18.2 Å². The predicted molar refractivity (Wildman–Crippen MR) is 106 cm³/mol. The van der Waals surface area contributed by atoms with E-state index in [1.54, 1.807) is 17.0 Å². The molecule has 1 aliphatic rings. The van der Waals surface area contributed by atoms with Gasteiger partial charge in [-0.25, -0.2) is 8.42 Å². The molecule has 1 saturated heterocycles. The number of piperazine rings is 1. The average molecular weight is 399 g/mol. The Morgan fingerprint density at radius 2 is 1.68 bits per heavy atom. The number of rotatable bonds is 4. The van der Waals surface area contributed by atoms with Crippen LogP contribution in [0.4, 0.5) is 0 Å². The summed E-state index contributed by atoms with van der Waals surface area (Å²) in [7, 11) is -2.05. The van der Waals surface area contributed by atoms with E-state index in [9.17, 15) is 13.2 Å². The van der Waals surface area contributed by atoms with Gasteiger partial charge in [-0.05, 0) is 36.4 Å². The second kappa shape index (κ2) is 7.29. The molecule has 7 nitrogen and oxygen atoms in total. The minimum Gasteiger partial charge on any atom is -0.497 e. The molecule has 3 aromatic rings. The Hall–Kier alpha value is -2.84. The van der Waals surface area contributed by atoms with Crippen LogP contribution in [-0.4, -0.2) is 61.8 Å². The number of fused-ring (bicyclic) bond motifs is 1. The van der Waals surface area contributed by atoms with Crippen LogP contribution in [0.15, 0.2) is 59.5 Å². The quantitative estimate of drug-likeness (QED) is 0.730. The number of carbonyl (C=O) groups is 1. The second-order valence-electron chi connectivity index (χ2n) is 6.64. The maximum Gasteiger partial charge on any atom is 0.270 e. The largest absolute Gasteiger partial charge is 0.497 e. The Balaban J connectivity index is 1.45. The summed E-state index contributed by atoms with van der Waals surface area (Å²) >= 11 is 0. The molecular weight excluding hydrogens is 378 g/mol. The van der Waals surface area contributed by atoms with Gasteiger partial charge in [-0.15, -0.1) is 0 Å². The van der Waals surface area contributed by atoms with Crippen LogP contribution in [0, 0.1) is 0 Å². The number of hydrogen-bond donors (Lipinski definition) is 1. The average Bonchev–Trinajstić information content (AvgIpc) is 3.17. The SMILES string of the molecule is COc1ccc(S(=O)(=O)N2CCN(C(=O)c3cc4ccccc4[nH]3)CC2)cc1. The van der Waals surface area contributed by atoms with Crippen LogP contribution < -0.4 is 4.74 Å². The zero-order valence-corrected chi connectivity index (χ0v) is 16.3. The molecule has 0 bridgehead atoms. The van der Waals surface area contributed by atoms with Crippen LogP contribution in [0.5, 0.6) is 5.75 Å². The van der Waals surface area contributed by atoms with E-state index < -0.39 is 10.0 Å². The summed E-state index contributed by atoms with van der Waals surface area (Å²) in [4.78, 5) is 17.8. The van der Waals surface area contributed by atoms with Crippen molar-refractivity contribution in [2.75, 3.05) is 33.3 Å². The van der Waals surface area contributed by atoms with Crippen molar-refractivity contribution >= 4 is 26.8 Å².